The molecule has 0 bridgehead atoms. The summed E-state index contributed by atoms with van der Waals surface area (Å²) in [4.78, 5) is 10.5. The van der Waals surface area contributed by atoms with E-state index in [4.69, 9.17) is 5.73 Å². The SMILES string of the molecule is NC1CCc2c1ccc(Br)c2[N+](=O)[O-]. The highest BCUT2D eigenvalue weighted by atomic mass is 79.9. The summed E-state index contributed by atoms with van der Waals surface area (Å²) in [5, 5.41) is 10.8. The van der Waals surface area contributed by atoms with Gasteiger partial charge in [0.1, 0.15) is 0 Å². The molecule has 2 N–H and O–H groups in total. The van der Waals surface area contributed by atoms with E-state index in [-0.39, 0.29) is 16.7 Å². The molecule has 5 heteroatoms. The Morgan fingerprint density at radius 2 is 2.29 bits per heavy atom. The lowest BCUT2D eigenvalue weighted by Gasteiger charge is -2.05. The molecule has 0 amide bonds. The first-order valence-corrected chi connectivity index (χ1v) is 5.12. The van der Waals surface area contributed by atoms with Crippen molar-refractivity contribution in [2.75, 3.05) is 0 Å². The summed E-state index contributed by atoms with van der Waals surface area (Å²) in [5.74, 6) is 0. The summed E-state index contributed by atoms with van der Waals surface area (Å²) < 4.78 is 0.537. The highest BCUT2D eigenvalue weighted by molar-refractivity contribution is 9.10. The maximum absolute atomic E-state index is 10.8. The van der Waals surface area contributed by atoms with Crippen LogP contribution in [0.1, 0.15) is 23.6 Å². The zero-order chi connectivity index (χ0) is 10.3. The van der Waals surface area contributed by atoms with E-state index in [1.54, 1.807) is 6.07 Å². The number of benzene rings is 1. The van der Waals surface area contributed by atoms with Crippen molar-refractivity contribution in [3.8, 4) is 0 Å². The number of hydrogen-bond donors (Lipinski definition) is 1. The minimum absolute atomic E-state index is 0.0446. The Morgan fingerprint density at radius 1 is 1.57 bits per heavy atom. The maximum Gasteiger partial charge on any atom is 0.286 e. The van der Waals surface area contributed by atoms with Gasteiger partial charge in [-0.15, -0.1) is 0 Å². The third-order valence-corrected chi connectivity index (χ3v) is 3.20. The quantitative estimate of drug-likeness (QED) is 0.619. The fraction of sp³-hybridized carbons (Fsp3) is 0.333. The molecule has 1 unspecified atom stereocenters. The first kappa shape index (κ1) is 9.61. The van der Waals surface area contributed by atoms with Crippen LogP contribution in [0.15, 0.2) is 16.6 Å². The second-order valence-electron chi connectivity index (χ2n) is 3.37. The van der Waals surface area contributed by atoms with Crippen LogP contribution in [0.3, 0.4) is 0 Å². The van der Waals surface area contributed by atoms with Gasteiger partial charge in [0, 0.05) is 11.6 Å². The number of hydrogen-bond acceptors (Lipinski definition) is 3. The zero-order valence-electron chi connectivity index (χ0n) is 7.37. The van der Waals surface area contributed by atoms with Crippen LogP contribution in [0, 0.1) is 10.1 Å². The second-order valence-corrected chi connectivity index (χ2v) is 4.22. The van der Waals surface area contributed by atoms with Gasteiger partial charge < -0.3 is 5.73 Å². The summed E-state index contributed by atoms with van der Waals surface area (Å²) in [6.45, 7) is 0. The van der Waals surface area contributed by atoms with Crippen LogP contribution >= 0.6 is 15.9 Å². The van der Waals surface area contributed by atoms with E-state index in [9.17, 15) is 10.1 Å². The largest absolute Gasteiger partial charge is 0.324 e. The van der Waals surface area contributed by atoms with Gasteiger partial charge in [-0.3, -0.25) is 10.1 Å². The van der Waals surface area contributed by atoms with E-state index in [1.165, 1.54) is 0 Å². The van der Waals surface area contributed by atoms with Gasteiger partial charge in [0.2, 0.25) is 0 Å². The fourth-order valence-corrected chi connectivity index (χ4v) is 2.40. The molecule has 74 valence electrons. The van der Waals surface area contributed by atoms with Crippen molar-refractivity contribution in [2.45, 2.75) is 18.9 Å². The van der Waals surface area contributed by atoms with Crippen LogP contribution in [0.4, 0.5) is 5.69 Å². The lowest BCUT2D eigenvalue weighted by atomic mass is 10.1. The smallest absolute Gasteiger partial charge is 0.286 e. The first-order chi connectivity index (χ1) is 6.61. The molecule has 0 heterocycles. The molecule has 2 rings (SSSR count). The zero-order valence-corrected chi connectivity index (χ0v) is 8.95. The van der Waals surface area contributed by atoms with Crippen LogP contribution in [0.2, 0.25) is 0 Å². The van der Waals surface area contributed by atoms with Gasteiger partial charge in [-0.2, -0.15) is 0 Å². The van der Waals surface area contributed by atoms with E-state index in [2.05, 4.69) is 15.9 Å². The van der Waals surface area contributed by atoms with Crippen molar-refractivity contribution in [3.63, 3.8) is 0 Å². The molecule has 1 aliphatic rings. The Labute approximate surface area is 89.4 Å². The van der Waals surface area contributed by atoms with Crippen LogP contribution in [-0.2, 0) is 6.42 Å². The molecule has 0 fully saturated rings. The predicted octanol–water partition coefficient (Wildman–Crippen LogP) is 2.30. The summed E-state index contributed by atoms with van der Waals surface area (Å²) in [6.07, 6.45) is 1.50. The van der Waals surface area contributed by atoms with Crippen molar-refractivity contribution in [3.05, 3.63) is 37.8 Å². The fourth-order valence-electron chi connectivity index (χ4n) is 1.89. The highest BCUT2D eigenvalue weighted by Gasteiger charge is 2.28. The predicted molar refractivity (Wildman–Crippen MR) is 56.0 cm³/mol. The third kappa shape index (κ3) is 1.33. The monoisotopic (exact) mass is 256 g/mol. The van der Waals surface area contributed by atoms with Crippen LogP contribution in [-0.4, -0.2) is 4.92 Å². The van der Waals surface area contributed by atoms with Crippen molar-refractivity contribution < 1.29 is 4.92 Å². The Balaban J connectivity index is 2.65. The van der Waals surface area contributed by atoms with Gasteiger partial charge in [0.15, 0.2) is 0 Å². The number of nitro groups is 1. The van der Waals surface area contributed by atoms with Gasteiger partial charge in [-0.25, -0.2) is 0 Å². The molecule has 1 atom stereocenters. The number of nitro benzene ring substituents is 1. The Bertz CT molecular complexity index is 406. The molecule has 1 aromatic rings. The van der Waals surface area contributed by atoms with E-state index in [0.717, 1.165) is 17.5 Å². The topological polar surface area (TPSA) is 69.2 Å². The van der Waals surface area contributed by atoms with Gasteiger partial charge in [0.05, 0.1) is 9.40 Å². The van der Waals surface area contributed by atoms with Gasteiger partial charge in [-0.1, -0.05) is 6.07 Å². The van der Waals surface area contributed by atoms with Crippen LogP contribution in [0.25, 0.3) is 0 Å². The molecule has 1 aromatic carbocycles. The van der Waals surface area contributed by atoms with Crippen molar-refractivity contribution >= 4 is 21.6 Å². The van der Waals surface area contributed by atoms with E-state index in [1.807, 2.05) is 6.07 Å². The Kier molecular flexibility index (Phi) is 2.28. The second kappa shape index (κ2) is 3.33. The number of nitrogens with two attached hydrogens (primary N) is 1. The van der Waals surface area contributed by atoms with E-state index >= 15 is 0 Å². The summed E-state index contributed by atoms with van der Waals surface area (Å²) >= 11 is 3.19. The average Bonchev–Trinajstić information content (AvgIpc) is 2.47. The van der Waals surface area contributed by atoms with Gasteiger partial charge in [0.25, 0.3) is 5.69 Å². The molecule has 0 saturated carbocycles. The number of halogens is 1. The number of rotatable bonds is 1. The van der Waals surface area contributed by atoms with Gasteiger partial charge >= 0.3 is 0 Å². The molecule has 0 aliphatic heterocycles. The Hall–Kier alpha value is -0.940. The van der Waals surface area contributed by atoms with Gasteiger partial charge in [-0.05, 0) is 40.4 Å². The molecule has 0 aromatic heterocycles. The third-order valence-electron chi connectivity index (χ3n) is 2.56. The lowest BCUT2D eigenvalue weighted by molar-refractivity contribution is -0.386. The number of fused-ring (bicyclic) bond motifs is 1. The minimum Gasteiger partial charge on any atom is -0.324 e. The molecular formula is C9H9BrN2O2. The first-order valence-electron chi connectivity index (χ1n) is 4.32. The standard InChI is InChI=1S/C9H9BrN2O2/c10-7-3-1-5-6(2-4-8(5)11)9(7)12(13)14/h1,3,8H,2,4,11H2. The summed E-state index contributed by atoms with van der Waals surface area (Å²) in [7, 11) is 0. The number of nitrogens with zero attached hydrogens (tertiary/aromatic N) is 1. The molecule has 4 nitrogen and oxygen atoms in total. The average molecular weight is 257 g/mol. The van der Waals surface area contributed by atoms with Crippen molar-refractivity contribution in [1.82, 2.24) is 0 Å². The van der Waals surface area contributed by atoms with Crippen molar-refractivity contribution in [2.24, 2.45) is 5.73 Å². The van der Waals surface area contributed by atoms with Crippen LogP contribution in [0.5, 0.6) is 0 Å². The summed E-state index contributed by atoms with van der Waals surface area (Å²) in [5.41, 5.74) is 7.71. The van der Waals surface area contributed by atoms with E-state index in [0.29, 0.717) is 10.9 Å². The molecule has 0 spiro atoms. The van der Waals surface area contributed by atoms with Crippen LogP contribution < -0.4 is 5.73 Å². The van der Waals surface area contributed by atoms with Crippen molar-refractivity contribution in [1.29, 1.82) is 0 Å². The normalized spacial score (nSPS) is 19.4. The Morgan fingerprint density at radius 3 is 2.93 bits per heavy atom. The maximum atomic E-state index is 10.8. The molecule has 1 aliphatic carbocycles. The lowest BCUT2D eigenvalue weighted by Crippen LogP contribution is -2.05. The molecule has 14 heavy (non-hydrogen) atoms. The summed E-state index contributed by atoms with van der Waals surface area (Å²) in [6, 6.07) is 3.52. The van der Waals surface area contributed by atoms with E-state index < -0.39 is 0 Å². The minimum atomic E-state index is -0.346. The molecule has 0 radical (unpaired) electrons. The molecule has 0 saturated heterocycles. The molecular weight excluding hydrogens is 248 g/mol. The highest BCUT2D eigenvalue weighted by Crippen LogP contribution is 2.39.